The summed E-state index contributed by atoms with van der Waals surface area (Å²) in [5.74, 6) is 1.55. The third-order valence-corrected chi connectivity index (χ3v) is 2.35. The highest BCUT2D eigenvalue weighted by Crippen LogP contribution is 2.35. The Kier molecular flexibility index (Phi) is 2.28. The van der Waals surface area contributed by atoms with Crippen LogP contribution in [0.5, 0.6) is 11.5 Å². The van der Waals surface area contributed by atoms with Gasteiger partial charge in [-0.25, -0.2) is 0 Å². The second-order valence-electron chi connectivity index (χ2n) is 3.16. The van der Waals surface area contributed by atoms with Crippen molar-refractivity contribution in [1.82, 2.24) is 0 Å². The van der Waals surface area contributed by atoms with E-state index in [-0.39, 0.29) is 6.79 Å². The molecule has 0 spiro atoms. The summed E-state index contributed by atoms with van der Waals surface area (Å²) in [4.78, 5) is 0. The molecule has 3 nitrogen and oxygen atoms in total. The van der Waals surface area contributed by atoms with Crippen LogP contribution in [-0.4, -0.2) is 6.79 Å². The normalized spacial score (nSPS) is 12.6. The molecule has 0 fully saturated rings. The van der Waals surface area contributed by atoms with Gasteiger partial charge in [0.1, 0.15) is 0 Å². The summed E-state index contributed by atoms with van der Waals surface area (Å²) >= 11 is 0. The first-order valence-corrected chi connectivity index (χ1v) is 4.63. The minimum atomic E-state index is 0.286. The lowest BCUT2D eigenvalue weighted by atomic mass is 10.0. The molecule has 0 amide bonds. The number of ether oxygens (including phenoxy) is 2. The Hall–Kier alpha value is -1.69. The third kappa shape index (κ3) is 1.39. The molecular formula is C11H11NO2. The molecular weight excluding hydrogens is 178 g/mol. The van der Waals surface area contributed by atoms with Crippen LogP contribution in [0, 0.1) is 11.3 Å². The van der Waals surface area contributed by atoms with Crippen LogP contribution in [-0.2, 0) is 12.8 Å². The second-order valence-corrected chi connectivity index (χ2v) is 3.16. The van der Waals surface area contributed by atoms with Crippen LogP contribution in [0.1, 0.15) is 18.1 Å². The Morgan fingerprint density at radius 3 is 2.50 bits per heavy atom. The standard InChI is InChI=1S/C11H11NO2/c1-2-8-5-10-11(14-7-13-10)6-9(8)3-4-12/h5-6H,2-3,7H2,1H3. The molecule has 72 valence electrons. The monoisotopic (exact) mass is 189 g/mol. The number of fused-ring (bicyclic) bond motifs is 1. The number of nitrogens with zero attached hydrogens (tertiary/aromatic N) is 1. The van der Waals surface area contributed by atoms with Gasteiger partial charge in [-0.15, -0.1) is 0 Å². The van der Waals surface area contributed by atoms with Gasteiger partial charge < -0.3 is 9.47 Å². The van der Waals surface area contributed by atoms with Crippen molar-refractivity contribution < 1.29 is 9.47 Å². The van der Waals surface area contributed by atoms with E-state index >= 15 is 0 Å². The van der Waals surface area contributed by atoms with E-state index in [0.29, 0.717) is 6.42 Å². The summed E-state index contributed by atoms with van der Waals surface area (Å²) in [6, 6.07) is 6.03. The van der Waals surface area contributed by atoms with E-state index in [1.165, 1.54) is 0 Å². The molecule has 0 atom stereocenters. The van der Waals surface area contributed by atoms with Crippen molar-refractivity contribution in [2.45, 2.75) is 19.8 Å². The number of hydrogen-bond acceptors (Lipinski definition) is 3. The van der Waals surface area contributed by atoms with Crippen molar-refractivity contribution >= 4 is 0 Å². The van der Waals surface area contributed by atoms with E-state index in [2.05, 4.69) is 13.0 Å². The van der Waals surface area contributed by atoms with Crippen LogP contribution >= 0.6 is 0 Å². The molecule has 1 heterocycles. The molecule has 1 aliphatic heterocycles. The van der Waals surface area contributed by atoms with Crippen LogP contribution < -0.4 is 9.47 Å². The summed E-state index contributed by atoms with van der Waals surface area (Å²) in [7, 11) is 0. The number of nitriles is 1. The first-order chi connectivity index (χ1) is 6.85. The van der Waals surface area contributed by atoms with Crippen LogP contribution in [0.15, 0.2) is 12.1 Å². The fraction of sp³-hybridized carbons (Fsp3) is 0.364. The molecule has 1 aliphatic rings. The zero-order chi connectivity index (χ0) is 9.97. The van der Waals surface area contributed by atoms with Crippen LogP contribution in [0.25, 0.3) is 0 Å². The highest BCUT2D eigenvalue weighted by atomic mass is 16.7. The largest absolute Gasteiger partial charge is 0.454 e. The average Bonchev–Trinajstić information content (AvgIpc) is 2.64. The van der Waals surface area contributed by atoms with Crippen LogP contribution in [0.2, 0.25) is 0 Å². The Bertz CT molecular complexity index is 393. The lowest BCUT2D eigenvalue weighted by molar-refractivity contribution is 0.174. The Morgan fingerprint density at radius 2 is 1.93 bits per heavy atom. The van der Waals surface area contributed by atoms with E-state index in [9.17, 15) is 0 Å². The SMILES string of the molecule is CCc1cc2c(cc1CC#N)OCO2. The molecule has 0 saturated heterocycles. The molecule has 0 saturated carbocycles. The van der Waals surface area contributed by atoms with Gasteiger partial charge in [0.25, 0.3) is 0 Å². The predicted octanol–water partition coefficient (Wildman–Crippen LogP) is 2.04. The fourth-order valence-electron chi connectivity index (χ4n) is 1.61. The molecule has 0 aliphatic carbocycles. The van der Waals surface area contributed by atoms with Gasteiger partial charge in [0, 0.05) is 0 Å². The zero-order valence-corrected chi connectivity index (χ0v) is 8.04. The highest BCUT2D eigenvalue weighted by molar-refractivity contribution is 5.49. The summed E-state index contributed by atoms with van der Waals surface area (Å²) < 4.78 is 10.5. The van der Waals surface area contributed by atoms with E-state index in [0.717, 1.165) is 29.0 Å². The second kappa shape index (κ2) is 3.59. The number of benzene rings is 1. The van der Waals surface area contributed by atoms with E-state index in [1.54, 1.807) is 0 Å². The molecule has 14 heavy (non-hydrogen) atoms. The molecule has 3 heteroatoms. The molecule has 0 unspecified atom stereocenters. The van der Waals surface area contributed by atoms with E-state index < -0.39 is 0 Å². The van der Waals surface area contributed by atoms with Gasteiger partial charge in [0.2, 0.25) is 6.79 Å². The smallest absolute Gasteiger partial charge is 0.231 e. The fourth-order valence-corrected chi connectivity index (χ4v) is 1.61. The first-order valence-electron chi connectivity index (χ1n) is 4.63. The van der Waals surface area contributed by atoms with Gasteiger partial charge in [-0.3, -0.25) is 0 Å². The number of rotatable bonds is 2. The molecule has 0 radical (unpaired) electrons. The number of aryl methyl sites for hydroxylation is 1. The molecule has 2 rings (SSSR count). The minimum Gasteiger partial charge on any atom is -0.454 e. The molecule has 1 aromatic rings. The Morgan fingerprint density at radius 1 is 1.29 bits per heavy atom. The Balaban J connectivity index is 2.44. The summed E-state index contributed by atoms with van der Waals surface area (Å²) in [5.41, 5.74) is 2.20. The van der Waals surface area contributed by atoms with Gasteiger partial charge in [0.05, 0.1) is 12.5 Å². The maximum absolute atomic E-state index is 8.67. The maximum atomic E-state index is 8.67. The predicted molar refractivity (Wildman–Crippen MR) is 51.3 cm³/mol. The number of hydrogen-bond donors (Lipinski definition) is 0. The summed E-state index contributed by atoms with van der Waals surface area (Å²) in [6.45, 7) is 2.35. The van der Waals surface area contributed by atoms with Crippen molar-refractivity contribution in [2.75, 3.05) is 6.79 Å². The molecule has 0 bridgehead atoms. The van der Waals surface area contributed by atoms with Gasteiger partial charge in [-0.1, -0.05) is 6.92 Å². The van der Waals surface area contributed by atoms with Crippen molar-refractivity contribution in [3.05, 3.63) is 23.3 Å². The van der Waals surface area contributed by atoms with Crippen LogP contribution in [0.3, 0.4) is 0 Å². The van der Waals surface area contributed by atoms with Crippen molar-refractivity contribution in [1.29, 1.82) is 5.26 Å². The lowest BCUT2D eigenvalue weighted by Crippen LogP contribution is -1.92. The molecule has 1 aromatic carbocycles. The summed E-state index contributed by atoms with van der Waals surface area (Å²) in [6.07, 6.45) is 1.34. The minimum absolute atomic E-state index is 0.286. The van der Waals surface area contributed by atoms with Gasteiger partial charge in [0.15, 0.2) is 11.5 Å². The van der Waals surface area contributed by atoms with Crippen molar-refractivity contribution in [3.8, 4) is 17.6 Å². The third-order valence-electron chi connectivity index (χ3n) is 2.35. The molecule has 0 aromatic heterocycles. The van der Waals surface area contributed by atoms with Crippen LogP contribution in [0.4, 0.5) is 0 Å². The quantitative estimate of drug-likeness (QED) is 0.715. The van der Waals surface area contributed by atoms with Gasteiger partial charge in [-0.2, -0.15) is 5.26 Å². The van der Waals surface area contributed by atoms with Crippen molar-refractivity contribution in [2.24, 2.45) is 0 Å². The molecule has 0 N–H and O–H groups in total. The van der Waals surface area contributed by atoms with E-state index in [4.69, 9.17) is 14.7 Å². The van der Waals surface area contributed by atoms with Gasteiger partial charge in [-0.05, 0) is 29.7 Å². The lowest BCUT2D eigenvalue weighted by Gasteiger charge is -2.05. The summed E-state index contributed by atoms with van der Waals surface area (Å²) in [5, 5.41) is 8.67. The maximum Gasteiger partial charge on any atom is 0.231 e. The first kappa shape index (κ1) is 8.89. The Labute approximate surface area is 82.9 Å². The zero-order valence-electron chi connectivity index (χ0n) is 8.04. The highest BCUT2D eigenvalue weighted by Gasteiger charge is 2.16. The topological polar surface area (TPSA) is 42.2 Å². The average molecular weight is 189 g/mol. The van der Waals surface area contributed by atoms with E-state index in [1.807, 2.05) is 12.1 Å². The van der Waals surface area contributed by atoms with Crippen molar-refractivity contribution in [3.63, 3.8) is 0 Å². The van der Waals surface area contributed by atoms with Gasteiger partial charge >= 0.3 is 0 Å².